The molecule has 0 unspecified atom stereocenters. The number of hydrogen-bond donors (Lipinski definition) is 0. The summed E-state index contributed by atoms with van der Waals surface area (Å²) in [5.41, 5.74) is 2.21. The van der Waals surface area contributed by atoms with Crippen molar-refractivity contribution in [2.24, 2.45) is 0 Å². The summed E-state index contributed by atoms with van der Waals surface area (Å²) in [4.78, 5) is 0. The molecule has 0 atom stereocenters. The van der Waals surface area contributed by atoms with Crippen molar-refractivity contribution in [1.29, 1.82) is 0 Å². The van der Waals surface area contributed by atoms with Gasteiger partial charge in [-0.25, -0.2) is 0 Å². The first kappa shape index (κ1) is 12.8. The molecule has 0 heterocycles. The van der Waals surface area contributed by atoms with Crippen LogP contribution >= 0.6 is 11.6 Å². The highest BCUT2D eigenvalue weighted by Crippen LogP contribution is 2.34. The Morgan fingerprint density at radius 3 is 2.00 bits per heavy atom. The Morgan fingerprint density at radius 2 is 1.50 bits per heavy atom. The molecular formula is C15H15ClO2. The average Bonchev–Trinajstić information content (AvgIpc) is 2.41. The van der Waals surface area contributed by atoms with Gasteiger partial charge in [0.2, 0.25) is 0 Å². The molecule has 2 aromatic carbocycles. The minimum Gasteiger partial charge on any atom is -0.496 e. The number of benzene rings is 2. The Labute approximate surface area is 112 Å². The summed E-state index contributed by atoms with van der Waals surface area (Å²) in [7, 11) is 3.28. The number of ether oxygens (including phenoxy) is 2. The zero-order chi connectivity index (χ0) is 13.0. The van der Waals surface area contributed by atoms with Gasteiger partial charge in [0.15, 0.2) is 0 Å². The predicted molar refractivity (Wildman–Crippen MR) is 73.8 cm³/mol. The maximum absolute atomic E-state index is 6.02. The van der Waals surface area contributed by atoms with Gasteiger partial charge in [-0.05, 0) is 17.7 Å². The fourth-order valence-electron chi connectivity index (χ4n) is 1.93. The number of hydrogen-bond acceptors (Lipinski definition) is 2. The van der Waals surface area contributed by atoms with Crippen LogP contribution in [0.1, 0.15) is 11.1 Å². The van der Waals surface area contributed by atoms with Crippen molar-refractivity contribution < 1.29 is 9.47 Å². The molecule has 0 saturated heterocycles. The Kier molecular flexibility index (Phi) is 4.11. The van der Waals surface area contributed by atoms with Crippen molar-refractivity contribution in [1.82, 2.24) is 0 Å². The van der Waals surface area contributed by atoms with E-state index in [0.29, 0.717) is 5.02 Å². The standard InChI is InChI=1S/C15H15ClO2/c1-17-14-9-12(16)10-15(18-2)13(14)8-11-6-4-3-5-7-11/h3-7,9-10H,8H2,1-2H3. The molecule has 0 aliphatic heterocycles. The maximum Gasteiger partial charge on any atom is 0.127 e. The van der Waals surface area contributed by atoms with Gasteiger partial charge in [0.25, 0.3) is 0 Å². The van der Waals surface area contributed by atoms with Crippen molar-refractivity contribution in [2.75, 3.05) is 14.2 Å². The lowest BCUT2D eigenvalue weighted by Crippen LogP contribution is -1.98. The van der Waals surface area contributed by atoms with Gasteiger partial charge >= 0.3 is 0 Å². The number of methoxy groups -OCH3 is 2. The Balaban J connectivity index is 2.42. The molecule has 0 N–H and O–H groups in total. The largest absolute Gasteiger partial charge is 0.496 e. The van der Waals surface area contributed by atoms with E-state index in [1.165, 1.54) is 5.56 Å². The SMILES string of the molecule is COc1cc(Cl)cc(OC)c1Cc1ccccc1. The summed E-state index contributed by atoms with van der Waals surface area (Å²) in [5.74, 6) is 1.51. The van der Waals surface area contributed by atoms with E-state index < -0.39 is 0 Å². The van der Waals surface area contributed by atoms with Crippen LogP contribution in [0.2, 0.25) is 5.02 Å². The van der Waals surface area contributed by atoms with E-state index in [4.69, 9.17) is 21.1 Å². The Hall–Kier alpha value is -1.67. The van der Waals surface area contributed by atoms with Crippen LogP contribution in [0.15, 0.2) is 42.5 Å². The van der Waals surface area contributed by atoms with E-state index in [1.54, 1.807) is 14.2 Å². The fraction of sp³-hybridized carbons (Fsp3) is 0.200. The third-order valence-corrected chi connectivity index (χ3v) is 3.01. The quantitative estimate of drug-likeness (QED) is 0.831. The third-order valence-electron chi connectivity index (χ3n) is 2.80. The van der Waals surface area contributed by atoms with E-state index in [2.05, 4.69) is 12.1 Å². The lowest BCUT2D eigenvalue weighted by Gasteiger charge is -2.13. The van der Waals surface area contributed by atoms with Crippen molar-refractivity contribution in [3.05, 3.63) is 58.6 Å². The van der Waals surface area contributed by atoms with Gasteiger partial charge in [0.05, 0.1) is 14.2 Å². The van der Waals surface area contributed by atoms with E-state index in [1.807, 2.05) is 30.3 Å². The first-order valence-corrected chi connectivity index (χ1v) is 6.06. The molecule has 0 aromatic heterocycles. The Morgan fingerprint density at radius 1 is 0.944 bits per heavy atom. The minimum absolute atomic E-state index is 0.612. The topological polar surface area (TPSA) is 18.5 Å². The van der Waals surface area contributed by atoms with Crippen LogP contribution in [0.5, 0.6) is 11.5 Å². The molecule has 0 aliphatic carbocycles. The molecule has 0 bridgehead atoms. The second kappa shape index (κ2) is 5.78. The summed E-state index contributed by atoms with van der Waals surface area (Å²) < 4.78 is 10.8. The molecule has 2 aromatic rings. The number of rotatable bonds is 4. The van der Waals surface area contributed by atoms with Crippen LogP contribution in [0.3, 0.4) is 0 Å². The maximum atomic E-state index is 6.02. The highest BCUT2D eigenvalue weighted by molar-refractivity contribution is 6.30. The molecule has 94 valence electrons. The van der Waals surface area contributed by atoms with Crippen LogP contribution in [-0.2, 0) is 6.42 Å². The lowest BCUT2D eigenvalue weighted by atomic mass is 10.0. The Bertz CT molecular complexity index is 498. The fourth-order valence-corrected chi connectivity index (χ4v) is 2.12. The smallest absolute Gasteiger partial charge is 0.127 e. The van der Waals surface area contributed by atoms with Crippen molar-refractivity contribution >= 4 is 11.6 Å². The normalized spacial score (nSPS) is 10.2. The third kappa shape index (κ3) is 2.77. The highest BCUT2D eigenvalue weighted by atomic mass is 35.5. The van der Waals surface area contributed by atoms with Crippen molar-refractivity contribution in [3.63, 3.8) is 0 Å². The molecule has 18 heavy (non-hydrogen) atoms. The van der Waals surface area contributed by atoms with Crippen LogP contribution in [0, 0.1) is 0 Å². The molecule has 2 rings (SSSR count). The highest BCUT2D eigenvalue weighted by Gasteiger charge is 2.12. The van der Waals surface area contributed by atoms with Gasteiger partial charge in [0.1, 0.15) is 11.5 Å². The second-order valence-electron chi connectivity index (χ2n) is 3.95. The first-order valence-electron chi connectivity index (χ1n) is 5.69. The van der Waals surface area contributed by atoms with Crippen LogP contribution in [0.4, 0.5) is 0 Å². The lowest BCUT2D eigenvalue weighted by molar-refractivity contribution is 0.387. The summed E-state index contributed by atoms with van der Waals surface area (Å²) in [6, 6.07) is 13.8. The summed E-state index contributed by atoms with van der Waals surface area (Å²) in [5, 5.41) is 0.612. The van der Waals surface area contributed by atoms with Gasteiger partial charge in [-0.15, -0.1) is 0 Å². The molecule has 0 amide bonds. The van der Waals surface area contributed by atoms with Crippen LogP contribution in [-0.4, -0.2) is 14.2 Å². The number of halogens is 1. The van der Waals surface area contributed by atoms with Gasteiger partial charge in [-0.3, -0.25) is 0 Å². The van der Waals surface area contributed by atoms with Crippen LogP contribution < -0.4 is 9.47 Å². The van der Waals surface area contributed by atoms with Crippen molar-refractivity contribution in [3.8, 4) is 11.5 Å². The molecule has 0 spiro atoms. The molecule has 3 heteroatoms. The zero-order valence-corrected chi connectivity index (χ0v) is 11.2. The van der Waals surface area contributed by atoms with Gasteiger partial charge in [-0.1, -0.05) is 41.9 Å². The van der Waals surface area contributed by atoms with E-state index in [0.717, 1.165) is 23.5 Å². The minimum atomic E-state index is 0.612. The van der Waals surface area contributed by atoms with Crippen molar-refractivity contribution in [2.45, 2.75) is 6.42 Å². The molecular weight excluding hydrogens is 248 g/mol. The molecule has 2 nitrogen and oxygen atoms in total. The monoisotopic (exact) mass is 262 g/mol. The summed E-state index contributed by atoms with van der Waals surface area (Å²) >= 11 is 6.02. The second-order valence-corrected chi connectivity index (χ2v) is 4.39. The molecule has 0 aliphatic rings. The zero-order valence-electron chi connectivity index (χ0n) is 10.4. The molecule has 0 radical (unpaired) electrons. The van der Waals surface area contributed by atoms with E-state index >= 15 is 0 Å². The molecule has 0 fully saturated rings. The van der Waals surface area contributed by atoms with Gasteiger partial charge < -0.3 is 9.47 Å². The predicted octanol–water partition coefficient (Wildman–Crippen LogP) is 3.95. The van der Waals surface area contributed by atoms with E-state index in [9.17, 15) is 0 Å². The van der Waals surface area contributed by atoms with Gasteiger partial charge in [-0.2, -0.15) is 0 Å². The van der Waals surface area contributed by atoms with E-state index in [-0.39, 0.29) is 0 Å². The molecule has 0 saturated carbocycles. The van der Waals surface area contributed by atoms with Crippen LogP contribution in [0.25, 0.3) is 0 Å². The summed E-state index contributed by atoms with van der Waals surface area (Å²) in [6.45, 7) is 0. The summed E-state index contributed by atoms with van der Waals surface area (Å²) in [6.07, 6.45) is 0.754. The average molecular weight is 263 g/mol. The first-order chi connectivity index (χ1) is 8.74. The van der Waals surface area contributed by atoms with Gasteiger partial charge in [0, 0.05) is 17.0 Å².